The summed E-state index contributed by atoms with van der Waals surface area (Å²) in [6, 6.07) is 5.61. The number of aryl methyl sites for hydroxylation is 1. The molecule has 0 fully saturated rings. The maximum absolute atomic E-state index is 12.2. The van der Waals surface area contributed by atoms with Gasteiger partial charge in [0.2, 0.25) is 10.0 Å². The fraction of sp³-hybridized carbons (Fsp3) is 0.286. The first kappa shape index (κ1) is 16.6. The molecule has 0 aliphatic carbocycles. The minimum atomic E-state index is -3.64. The summed E-state index contributed by atoms with van der Waals surface area (Å²) in [5, 5.41) is 2.56. The quantitative estimate of drug-likeness (QED) is 0.814. The number of carbonyl (C=O) groups excluding carboxylic acids is 1. The summed E-state index contributed by atoms with van der Waals surface area (Å²) in [6.45, 7) is 3.97. The molecule has 0 saturated heterocycles. The molecule has 0 bridgehead atoms. The molecule has 1 aromatic carbocycles. The number of esters is 1. The molecule has 22 heavy (non-hydrogen) atoms. The number of hydrogen-bond acceptors (Lipinski definition) is 6. The van der Waals surface area contributed by atoms with E-state index in [1.807, 2.05) is 12.3 Å². The third-order valence-electron chi connectivity index (χ3n) is 2.76. The van der Waals surface area contributed by atoms with Crippen molar-refractivity contribution in [2.45, 2.75) is 25.3 Å². The van der Waals surface area contributed by atoms with Gasteiger partial charge in [0.25, 0.3) is 0 Å². The summed E-state index contributed by atoms with van der Waals surface area (Å²) in [6.07, 6.45) is 0. The zero-order valence-electron chi connectivity index (χ0n) is 12.2. The lowest BCUT2D eigenvalue weighted by molar-refractivity contribution is 0.0526. The van der Waals surface area contributed by atoms with E-state index in [1.165, 1.54) is 35.6 Å². The van der Waals surface area contributed by atoms with Gasteiger partial charge in [-0.1, -0.05) is 0 Å². The lowest BCUT2D eigenvalue weighted by Crippen LogP contribution is -2.23. The van der Waals surface area contributed by atoms with E-state index in [-0.39, 0.29) is 18.0 Å². The minimum Gasteiger partial charge on any atom is -0.462 e. The summed E-state index contributed by atoms with van der Waals surface area (Å²) >= 11 is 1.40. The first-order valence-electron chi connectivity index (χ1n) is 6.60. The van der Waals surface area contributed by atoms with Gasteiger partial charge in [0.15, 0.2) is 0 Å². The predicted octanol–water partition coefficient (Wildman–Crippen LogP) is 2.11. The second-order valence-corrected chi connectivity index (χ2v) is 7.16. The van der Waals surface area contributed by atoms with Crippen LogP contribution in [0.1, 0.15) is 28.0 Å². The molecule has 0 amide bonds. The van der Waals surface area contributed by atoms with Gasteiger partial charge in [-0.2, -0.15) is 0 Å². The highest BCUT2D eigenvalue weighted by atomic mass is 32.2. The smallest absolute Gasteiger partial charge is 0.338 e. The van der Waals surface area contributed by atoms with Crippen molar-refractivity contribution in [3.63, 3.8) is 0 Å². The summed E-state index contributed by atoms with van der Waals surface area (Å²) in [5.74, 6) is -0.474. The van der Waals surface area contributed by atoms with Crippen molar-refractivity contribution in [1.29, 1.82) is 0 Å². The monoisotopic (exact) mass is 340 g/mol. The van der Waals surface area contributed by atoms with E-state index in [4.69, 9.17) is 4.74 Å². The number of benzene rings is 1. The van der Waals surface area contributed by atoms with Crippen molar-refractivity contribution in [2.24, 2.45) is 0 Å². The summed E-state index contributed by atoms with van der Waals surface area (Å²) < 4.78 is 31.7. The van der Waals surface area contributed by atoms with E-state index >= 15 is 0 Å². The van der Waals surface area contributed by atoms with Gasteiger partial charge in [-0.05, 0) is 38.1 Å². The standard InChI is InChI=1S/C14H16N2O4S2/c1-3-20-14(17)11-4-6-12(7-5-11)22(18,19)15-8-13-16-10(2)9-21-13/h4-7,9,15H,3,8H2,1-2H3. The summed E-state index contributed by atoms with van der Waals surface area (Å²) in [7, 11) is -3.64. The van der Waals surface area contributed by atoms with Crippen molar-refractivity contribution in [2.75, 3.05) is 6.61 Å². The number of nitrogens with one attached hydrogen (secondary N) is 1. The lowest BCUT2D eigenvalue weighted by Gasteiger charge is -2.06. The second-order valence-electron chi connectivity index (χ2n) is 4.45. The number of aromatic nitrogens is 1. The van der Waals surface area contributed by atoms with Gasteiger partial charge in [0.1, 0.15) is 5.01 Å². The zero-order valence-corrected chi connectivity index (χ0v) is 13.8. The second kappa shape index (κ2) is 6.99. The van der Waals surface area contributed by atoms with Crippen molar-refractivity contribution >= 4 is 27.3 Å². The molecule has 0 unspecified atom stereocenters. The lowest BCUT2D eigenvalue weighted by atomic mass is 10.2. The molecule has 0 aliphatic heterocycles. The Hall–Kier alpha value is -1.77. The van der Waals surface area contributed by atoms with Crippen LogP contribution in [0.25, 0.3) is 0 Å². The Bertz CT molecular complexity index is 751. The van der Waals surface area contributed by atoms with Crippen LogP contribution in [-0.4, -0.2) is 26.0 Å². The van der Waals surface area contributed by atoms with Gasteiger partial charge in [0.05, 0.1) is 23.6 Å². The minimum absolute atomic E-state index is 0.0915. The van der Waals surface area contributed by atoms with Crippen molar-refractivity contribution < 1.29 is 17.9 Å². The van der Waals surface area contributed by atoms with Crippen molar-refractivity contribution in [3.8, 4) is 0 Å². The highest BCUT2D eigenvalue weighted by Gasteiger charge is 2.15. The maximum atomic E-state index is 12.2. The van der Waals surface area contributed by atoms with Gasteiger partial charge < -0.3 is 4.74 Å². The maximum Gasteiger partial charge on any atom is 0.338 e. The molecule has 0 spiro atoms. The zero-order chi connectivity index (χ0) is 16.2. The van der Waals surface area contributed by atoms with Gasteiger partial charge >= 0.3 is 5.97 Å². The van der Waals surface area contributed by atoms with Gasteiger partial charge in [-0.25, -0.2) is 22.9 Å². The van der Waals surface area contributed by atoms with E-state index in [0.29, 0.717) is 10.6 Å². The average molecular weight is 340 g/mol. The normalized spacial score (nSPS) is 11.4. The SMILES string of the molecule is CCOC(=O)c1ccc(S(=O)(=O)NCc2nc(C)cs2)cc1. The molecular formula is C14H16N2O4S2. The molecule has 1 heterocycles. The van der Waals surface area contributed by atoms with Gasteiger partial charge in [-0.3, -0.25) is 0 Å². The van der Waals surface area contributed by atoms with Crippen LogP contribution in [-0.2, 0) is 21.3 Å². The number of carbonyl (C=O) groups is 1. The van der Waals surface area contributed by atoms with Crippen LogP contribution in [0, 0.1) is 6.92 Å². The van der Waals surface area contributed by atoms with Crippen molar-refractivity contribution in [3.05, 3.63) is 45.9 Å². The van der Waals surface area contributed by atoms with Crippen LogP contribution in [0.5, 0.6) is 0 Å². The fourth-order valence-electron chi connectivity index (χ4n) is 1.71. The first-order valence-corrected chi connectivity index (χ1v) is 8.96. The first-order chi connectivity index (χ1) is 10.4. The van der Waals surface area contributed by atoms with E-state index in [2.05, 4.69) is 9.71 Å². The highest BCUT2D eigenvalue weighted by Crippen LogP contribution is 2.13. The number of rotatable bonds is 6. The molecule has 0 atom stereocenters. The number of hydrogen-bond donors (Lipinski definition) is 1. The predicted molar refractivity (Wildman–Crippen MR) is 83.3 cm³/mol. The van der Waals surface area contributed by atoms with E-state index < -0.39 is 16.0 Å². The molecule has 0 saturated carbocycles. The van der Waals surface area contributed by atoms with Crippen LogP contribution >= 0.6 is 11.3 Å². The molecule has 118 valence electrons. The molecule has 0 aliphatic rings. The molecule has 1 N–H and O–H groups in total. The summed E-state index contributed by atoms with van der Waals surface area (Å²) in [5.41, 5.74) is 1.18. The molecule has 2 aromatic rings. The van der Waals surface area contributed by atoms with E-state index in [9.17, 15) is 13.2 Å². The topological polar surface area (TPSA) is 85.4 Å². The Morgan fingerprint density at radius 2 is 2.00 bits per heavy atom. The van der Waals surface area contributed by atoms with E-state index in [0.717, 1.165) is 5.69 Å². The molecule has 1 aromatic heterocycles. The van der Waals surface area contributed by atoms with Crippen LogP contribution in [0.15, 0.2) is 34.5 Å². The molecule has 8 heteroatoms. The fourth-order valence-corrected chi connectivity index (χ4v) is 3.50. The molecule has 6 nitrogen and oxygen atoms in total. The number of thiazole rings is 1. The van der Waals surface area contributed by atoms with Crippen LogP contribution in [0.4, 0.5) is 0 Å². The highest BCUT2D eigenvalue weighted by molar-refractivity contribution is 7.89. The third kappa shape index (κ3) is 4.12. The number of sulfonamides is 1. The number of ether oxygens (including phenoxy) is 1. The Morgan fingerprint density at radius 1 is 1.32 bits per heavy atom. The van der Waals surface area contributed by atoms with Crippen LogP contribution < -0.4 is 4.72 Å². The van der Waals surface area contributed by atoms with E-state index in [1.54, 1.807) is 6.92 Å². The van der Waals surface area contributed by atoms with Crippen LogP contribution in [0.3, 0.4) is 0 Å². The Labute approximate surface area is 133 Å². The number of nitrogens with zero attached hydrogens (tertiary/aromatic N) is 1. The third-order valence-corrected chi connectivity index (χ3v) is 5.14. The molecular weight excluding hydrogens is 324 g/mol. The Morgan fingerprint density at radius 3 is 2.55 bits per heavy atom. The van der Waals surface area contributed by atoms with Crippen LogP contribution in [0.2, 0.25) is 0 Å². The average Bonchev–Trinajstić information content (AvgIpc) is 2.91. The Kier molecular flexibility index (Phi) is 5.28. The molecule has 2 rings (SSSR count). The largest absolute Gasteiger partial charge is 0.462 e. The van der Waals surface area contributed by atoms with Crippen molar-refractivity contribution in [1.82, 2.24) is 9.71 Å². The molecule has 0 radical (unpaired) electrons. The van der Waals surface area contributed by atoms with Gasteiger partial charge in [-0.15, -0.1) is 11.3 Å². The Balaban J connectivity index is 2.07. The van der Waals surface area contributed by atoms with Gasteiger partial charge in [0, 0.05) is 11.1 Å². The summed E-state index contributed by atoms with van der Waals surface area (Å²) in [4.78, 5) is 15.8.